The molecule has 0 saturated heterocycles. The fourth-order valence-corrected chi connectivity index (χ4v) is 2.77. The lowest BCUT2D eigenvalue weighted by Crippen LogP contribution is -2.34. The molecule has 90 valence electrons. The van der Waals surface area contributed by atoms with Crippen LogP contribution in [0.4, 0.5) is 0 Å². The summed E-state index contributed by atoms with van der Waals surface area (Å²) < 4.78 is 22.2. The standard InChI is InChI=1S/C12H19NO2S/c1-10(9-16(3,14)15)13-11(2)12-7-5-4-6-8-12/h4-8,10-11,13H,9H2,1-3H3/t10?,11-/m1/s1. The summed E-state index contributed by atoms with van der Waals surface area (Å²) in [6.45, 7) is 3.93. The molecule has 0 saturated carbocycles. The molecular weight excluding hydrogens is 222 g/mol. The van der Waals surface area contributed by atoms with E-state index in [1.165, 1.54) is 11.8 Å². The zero-order chi connectivity index (χ0) is 12.2. The lowest BCUT2D eigenvalue weighted by Gasteiger charge is -2.19. The van der Waals surface area contributed by atoms with Gasteiger partial charge in [0.25, 0.3) is 0 Å². The summed E-state index contributed by atoms with van der Waals surface area (Å²) in [7, 11) is -2.91. The predicted molar refractivity (Wildman–Crippen MR) is 67.2 cm³/mol. The van der Waals surface area contributed by atoms with Gasteiger partial charge in [0.1, 0.15) is 9.84 Å². The van der Waals surface area contributed by atoms with Crippen molar-refractivity contribution in [3.05, 3.63) is 35.9 Å². The van der Waals surface area contributed by atoms with E-state index in [0.29, 0.717) is 0 Å². The van der Waals surface area contributed by atoms with Gasteiger partial charge in [-0.2, -0.15) is 0 Å². The van der Waals surface area contributed by atoms with Crippen LogP contribution in [0.1, 0.15) is 25.5 Å². The summed E-state index contributed by atoms with van der Waals surface area (Å²) in [5, 5.41) is 3.27. The van der Waals surface area contributed by atoms with E-state index in [2.05, 4.69) is 5.32 Å². The number of benzene rings is 1. The first-order chi connectivity index (χ1) is 7.38. The highest BCUT2D eigenvalue weighted by Gasteiger charge is 2.13. The number of nitrogens with one attached hydrogen (secondary N) is 1. The van der Waals surface area contributed by atoms with Crippen LogP contribution in [0.2, 0.25) is 0 Å². The van der Waals surface area contributed by atoms with Crippen LogP contribution in [-0.2, 0) is 9.84 Å². The Morgan fingerprint density at radius 1 is 1.19 bits per heavy atom. The van der Waals surface area contributed by atoms with Crippen molar-refractivity contribution in [3.8, 4) is 0 Å². The molecule has 0 aliphatic heterocycles. The van der Waals surface area contributed by atoms with Crippen LogP contribution in [0.5, 0.6) is 0 Å². The Morgan fingerprint density at radius 2 is 1.75 bits per heavy atom. The smallest absolute Gasteiger partial charge is 0.148 e. The third-order valence-electron chi connectivity index (χ3n) is 2.39. The van der Waals surface area contributed by atoms with Crippen molar-refractivity contribution in [3.63, 3.8) is 0 Å². The Balaban J connectivity index is 2.55. The van der Waals surface area contributed by atoms with Gasteiger partial charge in [-0.25, -0.2) is 8.42 Å². The molecule has 0 radical (unpaired) electrons. The van der Waals surface area contributed by atoms with E-state index in [-0.39, 0.29) is 17.8 Å². The summed E-state index contributed by atoms with van der Waals surface area (Å²) in [5.74, 6) is 0.171. The van der Waals surface area contributed by atoms with E-state index in [1.54, 1.807) is 0 Å². The maximum absolute atomic E-state index is 11.1. The average Bonchev–Trinajstić information content (AvgIpc) is 2.16. The fraction of sp³-hybridized carbons (Fsp3) is 0.500. The second-order valence-corrected chi connectivity index (χ2v) is 6.48. The van der Waals surface area contributed by atoms with Crippen molar-refractivity contribution in [2.75, 3.05) is 12.0 Å². The Labute approximate surface area is 97.8 Å². The Hall–Kier alpha value is -0.870. The molecule has 1 rings (SSSR count). The first-order valence-electron chi connectivity index (χ1n) is 5.37. The molecule has 4 heteroatoms. The van der Waals surface area contributed by atoms with Crippen LogP contribution >= 0.6 is 0 Å². The Kier molecular flexibility index (Phi) is 4.50. The van der Waals surface area contributed by atoms with Crippen molar-refractivity contribution in [1.82, 2.24) is 5.32 Å². The quantitative estimate of drug-likeness (QED) is 0.854. The summed E-state index contributed by atoms with van der Waals surface area (Å²) in [5.41, 5.74) is 1.17. The minimum atomic E-state index is -2.91. The Bertz CT molecular complexity index is 414. The van der Waals surface area contributed by atoms with E-state index in [4.69, 9.17) is 0 Å². The SMILES string of the molecule is CC(CS(C)(=O)=O)N[C@H](C)c1ccccc1. The van der Waals surface area contributed by atoms with E-state index >= 15 is 0 Å². The van der Waals surface area contributed by atoms with Gasteiger partial charge in [0.05, 0.1) is 5.75 Å². The highest BCUT2D eigenvalue weighted by Crippen LogP contribution is 2.12. The first kappa shape index (κ1) is 13.2. The maximum atomic E-state index is 11.1. The van der Waals surface area contributed by atoms with Crippen molar-refractivity contribution < 1.29 is 8.42 Å². The fourth-order valence-electron chi connectivity index (χ4n) is 1.77. The predicted octanol–water partition coefficient (Wildman–Crippen LogP) is 1.77. The second kappa shape index (κ2) is 5.46. The van der Waals surface area contributed by atoms with Crippen molar-refractivity contribution in [2.45, 2.75) is 25.9 Å². The van der Waals surface area contributed by atoms with Crippen molar-refractivity contribution in [1.29, 1.82) is 0 Å². The van der Waals surface area contributed by atoms with Gasteiger partial charge >= 0.3 is 0 Å². The number of hydrogen-bond acceptors (Lipinski definition) is 3. The molecule has 0 spiro atoms. The summed E-state index contributed by atoms with van der Waals surface area (Å²) >= 11 is 0. The van der Waals surface area contributed by atoms with Crippen LogP contribution < -0.4 is 5.32 Å². The van der Waals surface area contributed by atoms with Crippen LogP contribution in [0, 0.1) is 0 Å². The highest BCUT2D eigenvalue weighted by molar-refractivity contribution is 7.90. The molecule has 1 aromatic rings. The van der Waals surface area contributed by atoms with E-state index in [0.717, 1.165) is 0 Å². The molecule has 3 nitrogen and oxygen atoms in total. The number of sulfone groups is 1. The number of rotatable bonds is 5. The molecule has 0 bridgehead atoms. The second-order valence-electron chi connectivity index (χ2n) is 4.29. The van der Waals surface area contributed by atoms with Crippen LogP contribution in [0.3, 0.4) is 0 Å². The van der Waals surface area contributed by atoms with E-state index in [1.807, 2.05) is 44.2 Å². The molecule has 1 N–H and O–H groups in total. The highest BCUT2D eigenvalue weighted by atomic mass is 32.2. The third-order valence-corrected chi connectivity index (χ3v) is 3.49. The Morgan fingerprint density at radius 3 is 2.25 bits per heavy atom. The lowest BCUT2D eigenvalue weighted by molar-refractivity contribution is 0.501. The zero-order valence-electron chi connectivity index (χ0n) is 9.97. The van der Waals surface area contributed by atoms with Gasteiger partial charge < -0.3 is 5.32 Å². The normalized spacial score (nSPS) is 15.7. The van der Waals surface area contributed by atoms with Crippen LogP contribution in [-0.4, -0.2) is 26.5 Å². The van der Waals surface area contributed by atoms with Crippen LogP contribution in [0.15, 0.2) is 30.3 Å². The minimum absolute atomic E-state index is 0.0368. The molecule has 0 aliphatic carbocycles. The third kappa shape index (κ3) is 4.77. The zero-order valence-corrected chi connectivity index (χ0v) is 10.8. The largest absolute Gasteiger partial charge is 0.307 e. The van der Waals surface area contributed by atoms with Crippen LogP contribution in [0.25, 0.3) is 0 Å². The average molecular weight is 241 g/mol. The van der Waals surface area contributed by atoms with E-state index in [9.17, 15) is 8.42 Å². The molecule has 0 amide bonds. The number of hydrogen-bond donors (Lipinski definition) is 1. The first-order valence-corrected chi connectivity index (χ1v) is 7.43. The van der Waals surface area contributed by atoms with Gasteiger partial charge in [-0.1, -0.05) is 30.3 Å². The van der Waals surface area contributed by atoms with Crippen molar-refractivity contribution in [2.24, 2.45) is 0 Å². The van der Waals surface area contributed by atoms with E-state index < -0.39 is 9.84 Å². The van der Waals surface area contributed by atoms with Gasteiger partial charge in [0.2, 0.25) is 0 Å². The topological polar surface area (TPSA) is 46.2 Å². The summed E-state index contributed by atoms with van der Waals surface area (Å²) in [6.07, 6.45) is 1.26. The molecule has 1 aromatic carbocycles. The van der Waals surface area contributed by atoms with Crippen molar-refractivity contribution >= 4 is 9.84 Å². The molecule has 2 atom stereocenters. The molecule has 0 aliphatic rings. The lowest BCUT2D eigenvalue weighted by atomic mass is 10.1. The minimum Gasteiger partial charge on any atom is -0.307 e. The summed E-state index contributed by atoms with van der Waals surface area (Å²) in [6, 6.07) is 10.1. The monoisotopic (exact) mass is 241 g/mol. The molecule has 0 aromatic heterocycles. The molecular formula is C12H19NO2S. The molecule has 0 fully saturated rings. The molecule has 16 heavy (non-hydrogen) atoms. The van der Waals surface area contributed by atoms with Gasteiger partial charge in [-0.15, -0.1) is 0 Å². The maximum Gasteiger partial charge on any atom is 0.148 e. The van der Waals surface area contributed by atoms with Gasteiger partial charge in [0.15, 0.2) is 0 Å². The van der Waals surface area contributed by atoms with Gasteiger partial charge in [-0.3, -0.25) is 0 Å². The molecule has 1 unspecified atom stereocenters. The molecule has 0 heterocycles. The van der Waals surface area contributed by atoms with Gasteiger partial charge in [0, 0.05) is 18.3 Å². The van der Waals surface area contributed by atoms with Gasteiger partial charge in [-0.05, 0) is 19.4 Å². The summed E-state index contributed by atoms with van der Waals surface area (Å²) in [4.78, 5) is 0.